The SMILES string of the molecule is C[C@@H](C(=O)NC1CC2CCC1(Nc1cncc(C#N)n1)C2)n1cnnn1. The summed E-state index contributed by atoms with van der Waals surface area (Å²) in [5.74, 6) is 1.02. The summed E-state index contributed by atoms with van der Waals surface area (Å²) in [6, 6.07) is 1.51. The normalized spacial score (nSPS) is 27.7. The number of hydrogen-bond acceptors (Lipinski definition) is 8. The molecule has 2 saturated carbocycles. The standard InChI is InChI=1S/C16H19N9O/c1-10(25-9-19-23-24-25)15(26)21-13-4-11-2-3-16(13,5-11)22-14-8-18-7-12(6-17)20-14/h7-11,13H,2-5H2,1H3,(H,20,22)(H,21,26)/t10-,11?,13?,16?/m0/s1. The van der Waals surface area contributed by atoms with Crippen molar-refractivity contribution in [1.82, 2.24) is 35.5 Å². The average molecular weight is 353 g/mol. The Kier molecular flexibility index (Phi) is 3.99. The summed E-state index contributed by atoms with van der Waals surface area (Å²) in [6.07, 6.45) is 8.43. The van der Waals surface area contributed by atoms with Crippen molar-refractivity contribution in [2.45, 2.75) is 50.2 Å². The first-order chi connectivity index (χ1) is 12.6. The summed E-state index contributed by atoms with van der Waals surface area (Å²) in [6.45, 7) is 1.76. The number of amides is 1. The highest BCUT2D eigenvalue weighted by atomic mass is 16.2. The van der Waals surface area contributed by atoms with Crippen molar-refractivity contribution in [3.05, 3.63) is 24.4 Å². The molecule has 4 atom stereocenters. The van der Waals surface area contributed by atoms with Crippen LogP contribution >= 0.6 is 0 Å². The monoisotopic (exact) mass is 353 g/mol. The lowest BCUT2D eigenvalue weighted by molar-refractivity contribution is -0.125. The van der Waals surface area contributed by atoms with E-state index in [1.165, 1.54) is 17.2 Å². The fraction of sp³-hybridized carbons (Fsp3) is 0.562. The van der Waals surface area contributed by atoms with Crippen LogP contribution in [0.2, 0.25) is 0 Å². The fourth-order valence-electron chi connectivity index (χ4n) is 4.15. The minimum Gasteiger partial charge on any atom is -0.361 e. The number of nitrogens with zero attached hydrogens (tertiary/aromatic N) is 7. The predicted octanol–water partition coefficient (Wildman–Crippen LogP) is 0.435. The van der Waals surface area contributed by atoms with Crippen LogP contribution in [0.5, 0.6) is 0 Å². The Balaban J connectivity index is 1.51. The average Bonchev–Trinajstić information content (AvgIpc) is 3.37. The largest absolute Gasteiger partial charge is 0.361 e. The Morgan fingerprint density at radius 2 is 2.38 bits per heavy atom. The second-order valence-corrected chi connectivity index (χ2v) is 7.05. The van der Waals surface area contributed by atoms with Gasteiger partial charge in [0.15, 0.2) is 5.69 Å². The molecule has 2 bridgehead atoms. The van der Waals surface area contributed by atoms with Gasteiger partial charge in [0.2, 0.25) is 5.91 Å². The molecule has 10 heteroatoms. The number of aromatic nitrogens is 6. The predicted molar refractivity (Wildman–Crippen MR) is 89.5 cm³/mol. The molecule has 10 nitrogen and oxygen atoms in total. The summed E-state index contributed by atoms with van der Waals surface area (Å²) in [5, 5.41) is 26.6. The van der Waals surface area contributed by atoms with Crippen LogP contribution in [0.25, 0.3) is 0 Å². The molecule has 2 aromatic rings. The third kappa shape index (κ3) is 2.85. The Labute approximate surface area is 150 Å². The van der Waals surface area contributed by atoms with E-state index in [4.69, 9.17) is 5.26 Å². The Hall–Kier alpha value is -3.09. The summed E-state index contributed by atoms with van der Waals surface area (Å²) in [7, 11) is 0. The van der Waals surface area contributed by atoms with Crippen molar-refractivity contribution in [1.29, 1.82) is 5.26 Å². The van der Waals surface area contributed by atoms with Crippen LogP contribution in [0.1, 0.15) is 44.3 Å². The number of carbonyl (C=O) groups excluding carboxylic acids is 1. The molecule has 2 fully saturated rings. The number of carbonyl (C=O) groups is 1. The maximum absolute atomic E-state index is 12.6. The first-order valence-corrected chi connectivity index (χ1v) is 8.63. The van der Waals surface area contributed by atoms with Crippen molar-refractivity contribution < 1.29 is 4.79 Å². The topological polar surface area (TPSA) is 134 Å². The lowest BCUT2D eigenvalue weighted by Crippen LogP contribution is -2.55. The van der Waals surface area contributed by atoms with Gasteiger partial charge in [-0.2, -0.15) is 5.26 Å². The van der Waals surface area contributed by atoms with Gasteiger partial charge in [-0.05, 0) is 49.0 Å². The van der Waals surface area contributed by atoms with E-state index in [-0.39, 0.29) is 23.2 Å². The molecule has 2 heterocycles. The van der Waals surface area contributed by atoms with E-state index in [9.17, 15) is 4.79 Å². The summed E-state index contributed by atoms with van der Waals surface area (Å²) >= 11 is 0. The highest BCUT2D eigenvalue weighted by molar-refractivity contribution is 5.80. The smallest absolute Gasteiger partial charge is 0.245 e. The molecule has 0 saturated heterocycles. The minimum atomic E-state index is -0.483. The minimum absolute atomic E-state index is 0.0137. The van der Waals surface area contributed by atoms with Gasteiger partial charge in [0, 0.05) is 0 Å². The van der Waals surface area contributed by atoms with E-state index in [0.29, 0.717) is 11.7 Å². The summed E-state index contributed by atoms with van der Waals surface area (Å²) in [4.78, 5) is 21.0. The number of anilines is 1. The van der Waals surface area contributed by atoms with Crippen LogP contribution in [0.3, 0.4) is 0 Å². The molecule has 0 spiro atoms. The third-order valence-corrected chi connectivity index (χ3v) is 5.47. The zero-order valence-corrected chi connectivity index (χ0v) is 14.3. The van der Waals surface area contributed by atoms with Crippen LogP contribution in [-0.4, -0.2) is 47.7 Å². The van der Waals surface area contributed by atoms with E-state index in [1.54, 1.807) is 13.1 Å². The van der Waals surface area contributed by atoms with Gasteiger partial charge in [0.1, 0.15) is 24.3 Å². The van der Waals surface area contributed by atoms with E-state index in [1.807, 2.05) is 6.07 Å². The molecule has 2 aromatic heterocycles. The number of fused-ring (bicyclic) bond motifs is 2. The fourth-order valence-corrected chi connectivity index (χ4v) is 4.15. The summed E-state index contributed by atoms with van der Waals surface area (Å²) < 4.78 is 1.44. The van der Waals surface area contributed by atoms with Crippen molar-refractivity contribution in [3.63, 3.8) is 0 Å². The van der Waals surface area contributed by atoms with Crippen molar-refractivity contribution in [2.75, 3.05) is 5.32 Å². The van der Waals surface area contributed by atoms with E-state index in [2.05, 4.69) is 36.1 Å². The van der Waals surface area contributed by atoms with Crippen molar-refractivity contribution in [2.24, 2.45) is 5.92 Å². The highest BCUT2D eigenvalue weighted by Gasteiger charge is 2.53. The molecule has 134 valence electrons. The molecule has 2 aliphatic carbocycles. The zero-order chi connectivity index (χ0) is 18.1. The van der Waals surface area contributed by atoms with Gasteiger partial charge in [0.25, 0.3) is 0 Å². The Bertz CT molecular complexity index is 846. The van der Waals surface area contributed by atoms with Crippen LogP contribution in [-0.2, 0) is 4.79 Å². The van der Waals surface area contributed by atoms with Gasteiger partial charge in [-0.15, -0.1) is 5.10 Å². The van der Waals surface area contributed by atoms with Gasteiger partial charge in [-0.3, -0.25) is 9.78 Å². The Morgan fingerprint density at radius 1 is 1.50 bits per heavy atom. The molecule has 1 amide bonds. The molecule has 0 radical (unpaired) electrons. The number of nitriles is 1. The van der Waals surface area contributed by atoms with Gasteiger partial charge in [-0.25, -0.2) is 9.67 Å². The molecule has 2 N–H and O–H groups in total. The highest BCUT2D eigenvalue weighted by Crippen LogP contribution is 2.49. The lowest BCUT2D eigenvalue weighted by atomic mass is 9.88. The van der Waals surface area contributed by atoms with Gasteiger partial charge >= 0.3 is 0 Å². The number of nitrogens with one attached hydrogen (secondary N) is 2. The van der Waals surface area contributed by atoms with Crippen LogP contribution in [0.15, 0.2) is 18.7 Å². The van der Waals surface area contributed by atoms with E-state index < -0.39 is 6.04 Å². The van der Waals surface area contributed by atoms with Gasteiger partial charge in [-0.1, -0.05) is 0 Å². The first kappa shape index (κ1) is 16.4. The second kappa shape index (κ2) is 6.33. The van der Waals surface area contributed by atoms with Gasteiger partial charge < -0.3 is 10.6 Å². The van der Waals surface area contributed by atoms with Crippen molar-refractivity contribution >= 4 is 11.7 Å². The van der Waals surface area contributed by atoms with E-state index >= 15 is 0 Å². The number of rotatable bonds is 5. The summed E-state index contributed by atoms with van der Waals surface area (Å²) in [5.41, 5.74) is 0.00972. The van der Waals surface area contributed by atoms with Crippen LogP contribution < -0.4 is 10.6 Å². The maximum Gasteiger partial charge on any atom is 0.245 e. The molecule has 0 aromatic carbocycles. The second-order valence-electron chi connectivity index (χ2n) is 7.05. The molecule has 3 unspecified atom stereocenters. The van der Waals surface area contributed by atoms with E-state index in [0.717, 1.165) is 25.7 Å². The molecule has 0 aliphatic heterocycles. The molecular weight excluding hydrogens is 334 g/mol. The van der Waals surface area contributed by atoms with Crippen LogP contribution in [0.4, 0.5) is 5.82 Å². The molecule has 2 aliphatic rings. The lowest BCUT2D eigenvalue weighted by Gasteiger charge is -2.37. The van der Waals surface area contributed by atoms with Crippen LogP contribution in [0, 0.1) is 17.2 Å². The third-order valence-electron chi connectivity index (χ3n) is 5.47. The maximum atomic E-state index is 12.6. The Morgan fingerprint density at radius 3 is 3.12 bits per heavy atom. The molecule has 4 rings (SSSR count). The number of hydrogen-bond donors (Lipinski definition) is 2. The quantitative estimate of drug-likeness (QED) is 0.790. The molecular formula is C16H19N9O. The number of tetrazole rings is 1. The first-order valence-electron chi connectivity index (χ1n) is 8.63. The molecule has 26 heavy (non-hydrogen) atoms. The van der Waals surface area contributed by atoms with Crippen molar-refractivity contribution in [3.8, 4) is 6.07 Å². The van der Waals surface area contributed by atoms with Gasteiger partial charge in [0.05, 0.1) is 24.0 Å². The zero-order valence-electron chi connectivity index (χ0n) is 14.3.